The van der Waals surface area contributed by atoms with Crippen molar-refractivity contribution in [3.05, 3.63) is 16.0 Å². The molecule has 6 aliphatic rings. The molecule has 3 saturated heterocycles. The second kappa shape index (κ2) is 15.3. The number of carbonyl (C=O) groups excluding carboxylic acids is 2. The van der Waals surface area contributed by atoms with Gasteiger partial charge in [0.25, 0.3) is 0 Å². The van der Waals surface area contributed by atoms with Gasteiger partial charge < -0.3 is 33.6 Å². The van der Waals surface area contributed by atoms with Gasteiger partial charge in [-0.3, -0.25) is 5.32 Å². The molecule has 10 atom stereocenters. The number of likely N-dealkylation sites (tertiary alicyclic amines) is 1. The molecule has 302 valence electrons. The third kappa shape index (κ3) is 8.03. The van der Waals surface area contributed by atoms with Crippen LogP contribution in [0.3, 0.4) is 0 Å². The van der Waals surface area contributed by atoms with E-state index in [1.165, 1.54) is 0 Å². The SMILES string of the molecule is CN(C)CCOC1=NC2C(Cl)C(C3CCC(F)c4sc(NC(=O)OC(C)(C)C)c(C#N)c43)C3COCC3C2C(N2C3CCC2CN(C(=O)OC(C)(C)C)C3)=N1. The first kappa shape index (κ1) is 40.0. The van der Waals surface area contributed by atoms with Crippen LogP contribution >= 0.6 is 22.9 Å². The van der Waals surface area contributed by atoms with Crippen molar-refractivity contribution >= 4 is 52.0 Å². The molecule has 13 nitrogen and oxygen atoms in total. The summed E-state index contributed by atoms with van der Waals surface area (Å²) >= 11 is 8.87. The van der Waals surface area contributed by atoms with Gasteiger partial charge in [0.05, 0.1) is 30.2 Å². The fourth-order valence-corrected chi connectivity index (χ4v) is 11.4. The van der Waals surface area contributed by atoms with Crippen LogP contribution in [0.25, 0.3) is 0 Å². The molecule has 5 heterocycles. The van der Waals surface area contributed by atoms with Gasteiger partial charge >= 0.3 is 18.2 Å². The summed E-state index contributed by atoms with van der Waals surface area (Å²) < 4.78 is 39.6. The molecular formula is C39H55ClFN7O6S. The molecule has 55 heavy (non-hydrogen) atoms. The summed E-state index contributed by atoms with van der Waals surface area (Å²) in [6.07, 6.45) is 0.335. The molecule has 2 aliphatic carbocycles. The van der Waals surface area contributed by atoms with E-state index >= 15 is 4.39 Å². The van der Waals surface area contributed by atoms with Crippen molar-refractivity contribution in [1.29, 1.82) is 5.26 Å². The maximum atomic E-state index is 15.8. The Balaban J connectivity index is 1.23. The van der Waals surface area contributed by atoms with E-state index in [2.05, 4.69) is 16.3 Å². The highest BCUT2D eigenvalue weighted by Crippen LogP contribution is 2.59. The Morgan fingerprint density at radius 2 is 1.73 bits per heavy atom. The molecule has 2 amide bonds. The van der Waals surface area contributed by atoms with Crippen LogP contribution in [0.15, 0.2) is 9.98 Å². The third-order valence-electron chi connectivity index (χ3n) is 11.7. The number of nitrogens with zero attached hydrogens (tertiary/aromatic N) is 6. The smallest absolute Gasteiger partial charge is 0.412 e. The van der Waals surface area contributed by atoms with Crippen molar-refractivity contribution in [3.8, 4) is 6.07 Å². The molecule has 4 aliphatic heterocycles. The zero-order chi connectivity index (χ0) is 39.6. The highest BCUT2D eigenvalue weighted by molar-refractivity contribution is 7.16. The summed E-state index contributed by atoms with van der Waals surface area (Å²) in [7, 11) is 3.96. The minimum atomic E-state index is -1.27. The topological polar surface area (TPSA) is 141 Å². The molecule has 2 bridgehead atoms. The number of carbonyl (C=O) groups is 2. The summed E-state index contributed by atoms with van der Waals surface area (Å²) in [6, 6.07) is 2.26. The van der Waals surface area contributed by atoms with Crippen LogP contribution in [0.1, 0.15) is 95.3 Å². The molecular weight excluding hydrogens is 749 g/mol. The van der Waals surface area contributed by atoms with Crippen molar-refractivity contribution in [3.63, 3.8) is 0 Å². The Morgan fingerprint density at radius 1 is 1.05 bits per heavy atom. The van der Waals surface area contributed by atoms with Gasteiger partial charge in [-0.25, -0.2) is 19.0 Å². The monoisotopic (exact) mass is 803 g/mol. The standard InChI is InChI=1S/C39H55ClFN7O6S/c1-38(2,3)53-36(49)45-34-23(15-42)28-22(11-12-26(41)32(28)55-34)27-24-18-51-19-25(24)29-31(30(27)40)43-35(52-14-13-46(7)8)44-33(29)48-20-9-10-21(48)17-47(16-20)37(50)54-39(4,5)6/h20-22,24-27,29-31H,9-14,16-19H2,1-8H3,(H,45,49). The lowest BCUT2D eigenvalue weighted by atomic mass is 9.58. The predicted octanol–water partition coefficient (Wildman–Crippen LogP) is 6.77. The zero-order valence-corrected chi connectivity index (χ0v) is 34.7. The molecule has 1 saturated carbocycles. The Morgan fingerprint density at radius 3 is 2.36 bits per heavy atom. The van der Waals surface area contributed by atoms with E-state index in [9.17, 15) is 14.9 Å². The minimum Gasteiger partial charge on any atom is -0.462 e. The second-order valence-corrected chi connectivity index (χ2v) is 19.6. The molecule has 0 radical (unpaired) electrons. The van der Waals surface area contributed by atoms with Gasteiger partial charge in [0.1, 0.15) is 40.9 Å². The lowest BCUT2D eigenvalue weighted by molar-refractivity contribution is 0.00911. The molecule has 16 heteroatoms. The van der Waals surface area contributed by atoms with E-state index in [1.807, 2.05) is 44.7 Å². The number of aliphatic imine (C=N–C) groups is 2. The second-order valence-electron chi connectivity index (χ2n) is 18.1. The van der Waals surface area contributed by atoms with E-state index in [-0.39, 0.29) is 64.8 Å². The van der Waals surface area contributed by atoms with E-state index in [0.717, 1.165) is 30.0 Å². The Labute approximate surface area is 332 Å². The first-order valence-corrected chi connectivity index (χ1v) is 20.8. The van der Waals surface area contributed by atoms with Crippen LogP contribution in [0, 0.1) is 35.0 Å². The fourth-order valence-electron chi connectivity index (χ4n) is 9.63. The number of fused-ring (bicyclic) bond motifs is 6. The Kier molecular flexibility index (Phi) is 11.1. The number of anilines is 1. The van der Waals surface area contributed by atoms with Crippen molar-refractivity contribution in [2.24, 2.45) is 33.7 Å². The number of likely N-dealkylation sites (N-methyl/N-ethyl adjacent to an activating group) is 1. The summed E-state index contributed by atoms with van der Waals surface area (Å²) in [5.41, 5.74) is -0.443. The van der Waals surface area contributed by atoms with Gasteiger partial charge in [-0.2, -0.15) is 10.3 Å². The first-order valence-electron chi connectivity index (χ1n) is 19.6. The minimum absolute atomic E-state index is 0.00851. The maximum Gasteiger partial charge on any atom is 0.412 e. The molecule has 10 unspecified atom stereocenters. The van der Waals surface area contributed by atoms with Crippen LogP contribution < -0.4 is 5.32 Å². The number of ether oxygens (including phenoxy) is 4. The van der Waals surface area contributed by atoms with Crippen LogP contribution in [-0.4, -0.2) is 127 Å². The Bertz CT molecular complexity index is 1740. The van der Waals surface area contributed by atoms with E-state index in [4.69, 9.17) is 40.5 Å². The van der Waals surface area contributed by atoms with Crippen molar-refractivity contribution in [1.82, 2.24) is 14.7 Å². The van der Waals surface area contributed by atoms with Gasteiger partial charge in [-0.15, -0.1) is 22.9 Å². The predicted molar refractivity (Wildman–Crippen MR) is 209 cm³/mol. The van der Waals surface area contributed by atoms with Gasteiger partial charge in [-0.05, 0) is 111 Å². The number of thiophene rings is 1. The van der Waals surface area contributed by atoms with E-state index in [1.54, 1.807) is 20.8 Å². The van der Waals surface area contributed by atoms with Crippen LogP contribution in [0.4, 0.5) is 19.0 Å². The number of nitrogens with one attached hydrogen (secondary N) is 1. The quantitative estimate of drug-likeness (QED) is 0.320. The summed E-state index contributed by atoms with van der Waals surface area (Å²) in [5.74, 6) is 0.264. The van der Waals surface area contributed by atoms with Gasteiger partial charge in [-0.1, -0.05) is 0 Å². The average Bonchev–Trinajstić information content (AvgIpc) is 3.77. The summed E-state index contributed by atoms with van der Waals surface area (Å²) in [5, 5.41) is 13.1. The van der Waals surface area contributed by atoms with Gasteiger partial charge in [0.15, 0.2) is 0 Å². The van der Waals surface area contributed by atoms with Crippen molar-refractivity contribution < 1.29 is 32.9 Å². The van der Waals surface area contributed by atoms with Crippen LogP contribution in [0.5, 0.6) is 0 Å². The third-order valence-corrected chi connectivity index (χ3v) is 13.4. The van der Waals surface area contributed by atoms with Gasteiger partial charge in [0, 0.05) is 42.5 Å². The summed E-state index contributed by atoms with van der Waals surface area (Å²) in [4.78, 5) is 43.1. The highest BCUT2D eigenvalue weighted by atomic mass is 35.5. The molecule has 0 aromatic carbocycles. The van der Waals surface area contributed by atoms with E-state index < -0.39 is 34.9 Å². The largest absolute Gasteiger partial charge is 0.462 e. The molecule has 4 fully saturated rings. The number of amides is 2. The number of alkyl halides is 2. The number of amidine groups is 2. The first-order chi connectivity index (χ1) is 25.9. The number of piperazine rings is 1. The Hall–Kier alpha value is -3.19. The van der Waals surface area contributed by atoms with Crippen LogP contribution in [0.2, 0.25) is 0 Å². The van der Waals surface area contributed by atoms with Crippen molar-refractivity contribution in [2.45, 2.75) is 114 Å². The number of hydrogen-bond donors (Lipinski definition) is 1. The summed E-state index contributed by atoms with van der Waals surface area (Å²) in [6.45, 7) is 14.0. The number of hydrogen-bond acceptors (Lipinski definition) is 12. The number of nitriles is 1. The van der Waals surface area contributed by atoms with Crippen LogP contribution in [-0.2, 0) is 18.9 Å². The lowest BCUT2D eigenvalue weighted by Gasteiger charge is -2.53. The fraction of sp³-hybridized carbons (Fsp3) is 0.769. The number of halogens is 2. The van der Waals surface area contributed by atoms with E-state index in [0.29, 0.717) is 62.3 Å². The normalized spacial score (nSPS) is 32.8. The maximum absolute atomic E-state index is 15.8. The molecule has 1 aromatic rings. The highest BCUT2D eigenvalue weighted by Gasteiger charge is 2.60. The van der Waals surface area contributed by atoms with Crippen molar-refractivity contribution in [2.75, 3.05) is 58.9 Å². The lowest BCUT2D eigenvalue weighted by Crippen LogP contribution is -2.64. The molecule has 7 rings (SSSR count). The van der Waals surface area contributed by atoms with Gasteiger partial charge in [0.2, 0.25) is 0 Å². The molecule has 1 aromatic heterocycles. The average molecular weight is 804 g/mol. The molecule has 1 N–H and O–H groups in total. The zero-order valence-electron chi connectivity index (χ0n) is 33.1. The number of rotatable bonds is 5. The molecule has 0 spiro atoms.